The Morgan fingerprint density at radius 3 is 2.75 bits per heavy atom. The summed E-state index contributed by atoms with van der Waals surface area (Å²) in [6.45, 7) is 1.29. The van der Waals surface area contributed by atoms with Gasteiger partial charge in [-0.25, -0.2) is 0 Å². The highest BCUT2D eigenvalue weighted by molar-refractivity contribution is 5.85. The Balaban J connectivity index is 0.00000112. The van der Waals surface area contributed by atoms with Crippen LogP contribution in [-0.4, -0.2) is 28.4 Å². The number of pyridine rings is 1. The van der Waals surface area contributed by atoms with E-state index in [0.29, 0.717) is 19.5 Å². The second-order valence-corrected chi connectivity index (χ2v) is 3.60. The number of hydrogen-bond donors (Lipinski definition) is 1. The molecule has 1 aliphatic heterocycles. The second kappa shape index (κ2) is 6.68. The molecule has 0 spiro atoms. The van der Waals surface area contributed by atoms with Crippen molar-refractivity contribution < 1.29 is 4.79 Å². The molecule has 1 aromatic heterocycles. The minimum absolute atomic E-state index is 0. The number of nitrogens with two attached hydrogens (primary N) is 1. The van der Waals surface area contributed by atoms with Gasteiger partial charge in [0.25, 0.3) is 0 Å². The van der Waals surface area contributed by atoms with Crippen LogP contribution in [-0.2, 0) is 11.3 Å². The van der Waals surface area contributed by atoms with E-state index in [-0.39, 0.29) is 36.8 Å². The average molecular weight is 264 g/mol. The van der Waals surface area contributed by atoms with Crippen molar-refractivity contribution in [3.63, 3.8) is 0 Å². The van der Waals surface area contributed by atoms with Crippen molar-refractivity contribution in [3.05, 3.63) is 30.1 Å². The predicted molar refractivity (Wildman–Crippen MR) is 66.7 cm³/mol. The van der Waals surface area contributed by atoms with Crippen LogP contribution in [0.1, 0.15) is 12.0 Å². The average Bonchev–Trinajstić information content (AvgIpc) is 2.47. The first-order valence-corrected chi connectivity index (χ1v) is 4.68. The molecule has 1 aromatic rings. The number of amides is 1. The normalized spacial score (nSPS) is 18.9. The smallest absolute Gasteiger partial charge is 0.224 e. The van der Waals surface area contributed by atoms with Gasteiger partial charge in [0.1, 0.15) is 0 Å². The maximum atomic E-state index is 11.4. The van der Waals surface area contributed by atoms with Gasteiger partial charge in [-0.15, -0.1) is 24.8 Å². The second-order valence-electron chi connectivity index (χ2n) is 3.60. The number of hydrogen-bond acceptors (Lipinski definition) is 3. The van der Waals surface area contributed by atoms with E-state index >= 15 is 0 Å². The lowest BCUT2D eigenvalue weighted by molar-refractivity contribution is -0.128. The molecule has 0 radical (unpaired) electrons. The van der Waals surface area contributed by atoms with E-state index < -0.39 is 0 Å². The monoisotopic (exact) mass is 263 g/mol. The van der Waals surface area contributed by atoms with Gasteiger partial charge in [-0.3, -0.25) is 9.78 Å². The standard InChI is InChI=1S/C10H13N3O.2ClH/c11-9-4-10(14)13(7-9)6-8-2-1-3-12-5-8;;/h1-3,5,9H,4,6-7,11H2;2*1H. The molecular formula is C10H15Cl2N3O. The van der Waals surface area contributed by atoms with Crippen LogP contribution in [0.15, 0.2) is 24.5 Å². The Labute approximate surface area is 107 Å². The fourth-order valence-electron chi connectivity index (χ4n) is 1.67. The molecule has 1 aliphatic rings. The molecule has 1 atom stereocenters. The first-order valence-electron chi connectivity index (χ1n) is 4.68. The number of carbonyl (C=O) groups is 1. The van der Waals surface area contributed by atoms with E-state index in [0.717, 1.165) is 5.56 Å². The first kappa shape index (κ1) is 15.2. The quantitative estimate of drug-likeness (QED) is 0.866. The molecule has 1 amide bonds. The van der Waals surface area contributed by atoms with Crippen LogP contribution < -0.4 is 5.73 Å². The summed E-state index contributed by atoms with van der Waals surface area (Å²) >= 11 is 0. The first-order chi connectivity index (χ1) is 6.75. The van der Waals surface area contributed by atoms with Gasteiger partial charge in [-0.1, -0.05) is 6.07 Å². The summed E-state index contributed by atoms with van der Waals surface area (Å²) in [6, 6.07) is 3.83. The van der Waals surface area contributed by atoms with Crippen LogP contribution in [0, 0.1) is 0 Å². The lowest BCUT2D eigenvalue weighted by Crippen LogP contribution is -2.27. The topological polar surface area (TPSA) is 59.2 Å². The molecule has 2 N–H and O–H groups in total. The Bertz CT molecular complexity index is 334. The van der Waals surface area contributed by atoms with E-state index in [1.54, 1.807) is 17.3 Å². The van der Waals surface area contributed by atoms with Gasteiger partial charge < -0.3 is 10.6 Å². The van der Waals surface area contributed by atoms with E-state index in [9.17, 15) is 4.79 Å². The molecule has 1 unspecified atom stereocenters. The Hall–Kier alpha value is -0.840. The van der Waals surface area contributed by atoms with Gasteiger partial charge in [0.15, 0.2) is 0 Å². The number of rotatable bonds is 2. The highest BCUT2D eigenvalue weighted by atomic mass is 35.5. The van der Waals surface area contributed by atoms with Gasteiger partial charge in [0, 0.05) is 37.9 Å². The zero-order chi connectivity index (χ0) is 9.97. The molecule has 0 saturated carbocycles. The molecule has 4 nitrogen and oxygen atoms in total. The van der Waals surface area contributed by atoms with Crippen LogP contribution in [0.25, 0.3) is 0 Å². The van der Waals surface area contributed by atoms with E-state index in [1.807, 2.05) is 12.1 Å². The molecule has 1 saturated heterocycles. The van der Waals surface area contributed by atoms with Crippen LogP contribution >= 0.6 is 24.8 Å². The highest BCUT2D eigenvalue weighted by Crippen LogP contribution is 2.12. The molecular weight excluding hydrogens is 249 g/mol. The maximum absolute atomic E-state index is 11.4. The SMILES string of the molecule is Cl.Cl.NC1CC(=O)N(Cc2cccnc2)C1. The van der Waals surface area contributed by atoms with E-state index in [1.165, 1.54) is 0 Å². The number of aromatic nitrogens is 1. The molecule has 6 heteroatoms. The van der Waals surface area contributed by atoms with E-state index in [4.69, 9.17) is 5.73 Å². The van der Waals surface area contributed by atoms with Crippen molar-refractivity contribution in [1.29, 1.82) is 0 Å². The molecule has 1 fully saturated rings. The van der Waals surface area contributed by atoms with Crippen molar-refractivity contribution in [2.45, 2.75) is 19.0 Å². The zero-order valence-electron chi connectivity index (χ0n) is 8.70. The zero-order valence-corrected chi connectivity index (χ0v) is 10.3. The summed E-state index contributed by atoms with van der Waals surface area (Å²) in [5.41, 5.74) is 6.74. The van der Waals surface area contributed by atoms with Crippen molar-refractivity contribution in [2.24, 2.45) is 5.73 Å². The third-order valence-electron chi connectivity index (χ3n) is 2.34. The van der Waals surface area contributed by atoms with E-state index in [2.05, 4.69) is 4.98 Å². The van der Waals surface area contributed by atoms with Crippen LogP contribution in [0.3, 0.4) is 0 Å². The van der Waals surface area contributed by atoms with Crippen molar-refractivity contribution in [1.82, 2.24) is 9.88 Å². The molecule has 2 heterocycles. The molecule has 90 valence electrons. The molecule has 0 aromatic carbocycles. The lowest BCUT2D eigenvalue weighted by Gasteiger charge is -2.15. The molecule has 2 rings (SSSR count). The summed E-state index contributed by atoms with van der Waals surface area (Å²) in [7, 11) is 0. The molecule has 16 heavy (non-hydrogen) atoms. The third kappa shape index (κ3) is 3.63. The largest absolute Gasteiger partial charge is 0.337 e. The summed E-state index contributed by atoms with van der Waals surface area (Å²) in [6.07, 6.45) is 3.97. The summed E-state index contributed by atoms with van der Waals surface area (Å²) < 4.78 is 0. The third-order valence-corrected chi connectivity index (χ3v) is 2.34. The fraction of sp³-hybridized carbons (Fsp3) is 0.400. The number of carbonyl (C=O) groups excluding carboxylic acids is 1. The number of nitrogens with zero attached hydrogens (tertiary/aromatic N) is 2. The van der Waals surface area contributed by atoms with Crippen molar-refractivity contribution in [2.75, 3.05) is 6.54 Å². The van der Waals surface area contributed by atoms with Crippen LogP contribution in [0.4, 0.5) is 0 Å². The van der Waals surface area contributed by atoms with Gasteiger partial charge in [0.2, 0.25) is 5.91 Å². The maximum Gasteiger partial charge on any atom is 0.224 e. The Morgan fingerprint density at radius 2 is 2.25 bits per heavy atom. The minimum Gasteiger partial charge on any atom is -0.337 e. The van der Waals surface area contributed by atoms with Gasteiger partial charge >= 0.3 is 0 Å². The Kier molecular flexibility index (Phi) is 6.33. The molecule has 0 bridgehead atoms. The lowest BCUT2D eigenvalue weighted by atomic mass is 10.3. The highest BCUT2D eigenvalue weighted by Gasteiger charge is 2.26. The Morgan fingerprint density at radius 1 is 1.50 bits per heavy atom. The van der Waals surface area contributed by atoms with Gasteiger partial charge in [-0.2, -0.15) is 0 Å². The summed E-state index contributed by atoms with van der Waals surface area (Å²) in [5.74, 6) is 0.140. The molecule has 0 aliphatic carbocycles. The fourth-order valence-corrected chi connectivity index (χ4v) is 1.67. The van der Waals surface area contributed by atoms with Gasteiger partial charge in [0.05, 0.1) is 0 Å². The van der Waals surface area contributed by atoms with Crippen molar-refractivity contribution >= 4 is 30.7 Å². The number of likely N-dealkylation sites (tertiary alicyclic amines) is 1. The summed E-state index contributed by atoms with van der Waals surface area (Å²) in [4.78, 5) is 17.2. The minimum atomic E-state index is -0.000767. The number of halogens is 2. The van der Waals surface area contributed by atoms with Crippen LogP contribution in [0.5, 0.6) is 0 Å². The van der Waals surface area contributed by atoms with Gasteiger partial charge in [-0.05, 0) is 11.6 Å². The predicted octanol–water partition coefficient (Wildman–Crippen LogP) is 0.985. The summed E-state index contributed by atoms with van der Waals surface area (Å²) in [5, 5.41) is 0. The van der Waals surface area contributed by atoms with Crippen LogP contribution in [0.2, 0.25) is 0 Å². The van der Waals surface area contributed by atoms with Crippen molar-refractivity contribution in [3.8, 4) is 0 Å².